The van der Waals surface area contributed by atoms with Gasteiger partial charge in [0, 0.05) is 65.7 Å². The first-order valence-corrected chi connectivity index (χ1v) is 16.4. The Balaban J connectivity index is 1.48. The minimum Gasteiger partial charge on any atom is -0.464 e. The summed E-state index contributed by atoms with van der Waals surface area (Å²) in [5, 5.41) is 6.14. The fourth-order valence-electron chi connectivity index (χ4n) is 6.07. The van der Waals surface area contributed by atoms with Gasteiger partial charge in [-0.2, -0.15) is 5.10 Å². The molecule has 0 spiro atoms. The Morgan fingerprint density at radius 2 is 1.87 bits per heavy atom. The molecule has 234 valence electrons. The number of hydrogen-bond acceptors (Lipinski definition) is 8. The Morgan fingerprint density at radius 3 is 2.58 bits per heavy atom. The van der Waals surface area contributed by atoms with Crippen LogP contribution in [0.15, 0.2) is 48.7 Å². The molecule has 0 saturated carbocycles. The molecule has 10 heteroatoms. The molecule has 45 heavy (non-hydrogen) atoms. The number of rotatable bonds is 7. The van der Waals surface area contributed by atoms with Crippen molar-refractivity contribution in [1.29, 1.82) is 0 Å². The van der Waals surface area contributed by atoms with Crippen LogP contribution in [-0.2, 0) is 34.3 Å². The van der Waals surface area contributed by atoms with Gasteiger partial charge in [-0.1, -0.05) is 23.7 Å². The number of aromatic nitrogens is 4. The fraction of sp³-hybridized carbons (Fsp3) is 0.371. The Bertz CT molecular complexity index is 1890. The molecular weight excluding hydrogens is 606 g/mol. The van der Waals surface area contributed by atoms with E-state index >= 15 is 0 Å². The quantitative estimate of drug-likeness (QED) is 0.166. The summed E-state index contributed by atoms with van der Waals surface area (Å²) < 4.78 is 14.9. The maximum Gasteiger partial charge on any atom is 0.339 e. The van der Waals surface area contributed by atoms with E-state index in [4.69, 9.17) is 31.0 Å². The Labute approximate surface area is 273 Å². The van der Waals surface area contributed by atoms with Crippen molar-refractivity contribution in [3.05, 3.63) is 81.8 Å². The Kier molecular flexibility index (Phi) is 8.45. The summed E-state index contributed by atoms with van der Waals surface area (Å²) in [5.74, 6) is 0.499. The zero-order valence-corrected chi connectivity index (χ0v) is 28.3. The van der Waals surface area contributed by atoms with Crippen molar-refractivity contribution in [2.75, 3.05) is 18.1 Å². The minimum atomic E-state index is -0.918. The second-order valence-corrected chi connectivity index (χ2v) is 13.9. The lowest BCUT2D eigenvalue weighted by atomic mass is 9.91. The standard InChI is InChI=1S/C35H38ClN5O3S/c1-8-43-34(42)31(44-35(4,5)6)29-20(2)17-26-32(30(29)22-9-11-24(36)12-10-22)45-33(38-26)23-13-15-37-28(18-23)41-16-14-27-25(19-41)21(3)39-40(27)7/h9-13,15,17-18,31H,8,14,16,19H2,1-7H3. The number of carbonyl (C=O) groups excluding carboxylic acids is 1. The van der Waals surface area contributed by atoms with Crippen LogP contribution in [-0.4, -0.2) is 44.5 Å². The number of aryl methyl sites for hydroxylation is 3. The summed E-state index contributed by atoms with van der Waals surface area (Å²) in [5.41, 5.74) is 8.40. The molecular formula is C35H38ClN5O3S. The highest BCUT2D eigenvalue weighted by Crippen LogP contribution is 2.45. The number of anilines is 1. The molecule has 3 aromatic heterocycles. The molecule has 4 heterocycles. The topological polar surface area (TPSA) is 82.4 Å². The van der Waals surface area contributed by atoms with Gasteiger partial charge in [-0.05, 0) is 83.0 Å². The van der Waals surface area contributed by atoms with Crippen molar-refractivity contribution in [2.45, 2.75) is 66.2 Å². The van der Waals surface area contributed by atoms with Gasteiger partial charge in [0.15, 0.2) is 6.10 Å². The van der Waals surface area contributed by atoms with E-state index in [9.17, 15) is 4.79 Å². The normalized spacial score (nSPS) is 14.1. The van der Waals surface area contributed by atoms with Gasteiger partial charge in [-0.25, -0.2) is 14.8 Å². The van der Waals surface area contributed by atoms with Crippen molar-refractivity contribution < 1.29 is 14.3 Å². The number of halogens is 1. The van der Waals surface area contributed by atoms with E-state index in [-0.39, 0.29) is 6.61 Å². The third-order valence-corrected chi connectivity index (χ3v) is 9.44. The highest BCUT2D eigenvalue weighted by Gasteiger charge is 2.33. The van der Waals surface area contributed by atoms with Crippen LogP contribution in [0.3, 0.4) is 0 Å². The number of ether oxygens (including phenoxy) is 2. The van der Waals surface area contributed by atoms with Crippen LogP contribution in [0.5, 0.6) is 0 Å². The summed E-state index contributed by atoms with van der Waals surface area (Å²) in [6.07, 6.45) is 1.86. The highest BCUT2D eigenvalue weighted by atomic mass is 35.5. The SMILES string of the molecule is CCOC(=O)C(OC(C)(C)C)c1c(C)cc2nc(-c3ccnc(N4CCc5c(c(C)nn5C)C4)c3)sc2c1-c1ccc(Cl)cc1. The van der Waals surface area contributed by atoms with E-state index in [0.717, 1.165) is 74.1 Å². The van der Waals surface area contributed by atoms with Gasteiger partial charge in [-0.15, -0.1) is 11.3 Å². The van der Waals surface area contributed by atoms with Gasteiger partial charge in [0.25, 0.3) is 0 Å². The van der Waals surface area contributed by atoms with Crippen molar-refractivity contribution >= 4 is 44.9 Å². The van der Waals surface area contributed by atoms with Crippen molar-refractivity contribution in [3.8, 4) is 21.7 Å². The molecule has 2 aromatic carbocycles. The van der Waals surface area contributed by atoms with Gasteiger partial charge in [-0.3, -0.25) is 4.68 Å². The predicted molar refractivity (Wildman–Crippen MR) is 181 cm³/mol. The van der Waals surface area contributed by atoms with Crippen LogP contribution in [0.4, 0.5) is 5.82 Å². The van der Waals surface area contributed by atoms with E-state index in [1.807, 2.05) is 82.0 Å². The molecule has 1 unspecified atom stereocenters. The Hall–Kier alpha value is -3.79. The fourth-order valence-corrected chi connectivity index (χ4v) is 7.32. The molecule has 1 aliphatic rings. The molecule has 0 radical (unpaired) electrons. The first-order chi connectivity index (χ1) is 21.4. The average molecular weight is 644 g/mol. The number of hydrogen-bond donors (Lipinski definition) is 0. The van der Waals surface area contributed by atoms with Crippen molar-refractivity contribution in [1.82, 2.24) is 19.7 Å². The predicted octanol–water partition coefficient (Wildman–Crippen LogP) is 8.01. The third-order valence-electron chi connectivity index (χ3n) is 8.05. The molecule has 0 bridgehead atoms. The van der Waals surface area contributed by atoms with Gasteiger partial charge in [0.1, 0.15) is 10.8 Å². The summed E-state index contributed by atoms with van der Waals surface area (Å²) in [6.45, 7) is 13.6. The van der Waals surface area contributed by atoms with Crippen molar-refractivity contribution in [2.24, 2.45) is 7.05 Å². The summed E-state index contributed by atoms with van der Waals surface area (Å²) >= 11 is 7.91. The average Bonchev–Trinajstić information content (AvgIpc) is 3.55. The number of thiazole rings is 1. The smallest absolute Gasteiger partial charge is 0.339 e. The molecule has 6 rings (SSSR count). The lowest BCUT2D eigenvalue weighted by Gasteiger charge is -2.29. The van der Waals surface area contributed by atoms with E-state index in [1.165, 1.54) is 11.3 Å². The molecule has 0 saturated heterocycles. The number of nitrogens with zero attached hydrogens (tertiary/aromatic N) is 5. The van der Waals surface area contributed by atoms with Gasteiger partial charge < -0.3 is 14.4 Å². The zero-order valence-electron chi connectivity index (χ0n) is 26.8. The second-order valence-electron chi connectivity index (χ2n) is 12.4. The lowest BCUT2D eigenvalue weighted by molar-refractivity contribution is -0.166. The number of carbonyl (C=O) groups is 1. The van der Waals surface area contributed by atoms with Gasteiger partial charge in [0.05, 0.1) is 28.1 Å². The second kappa shape index (κ2) is 12.2. The molecule has 0 amide bonds. The van der Waals surface area contributed by atoms with Crippen LogP contribution in [0, 0.1) is 13.8 Å². The first kappa shape index (κ1) is 31.2. The van der Waals surface area contributed by atoms with E-state index in [2.05, 4.69) is 23.0 Å². The maximum absolute atomic E-state index is 13.5. The number of fused-ring (bicyclic) bond motifs is 2. The lowest BCUT2D eigenvalue weighted by Crippen LogP contribution is -2.31. The van der Waals surface area contributed by atoms with Crippen molar-refractivity contribution in [3.63, 3.8) is 0 Å². The summed E-state index contributed by atoms with van der Waals surface area (Å²) in [4.78, 5) is 25.6. The number of pyridine rings is 1. The molecule has 1 atom stereocenters. The van der Waals surface area contributed by atoms with E-state index in [0.29, 0.717) is 5.02 Å². The van der Waals surface area contributed by atoms with Crippen LogP contribution in [0.25, 0.3) is 31.9 Å². The number of esters is 1. The summed E-state index contributed by atoms with van der Waals surface area (Å²) in [6, 6.07) is 13.9. The molecule has 5 aromatic rings. The summed E-state index contributed by atoms with van der Waals surface area (Å²) in [7, 11) is 2.02. The van der Waals surface area contributed by atoms with Crippen LogP contribution < -0.4 is 4.90 Å². The highest BCUT2D eigenvalue weighted by molar-refractivity contribution is 7.22. The molecule has 0 aliphatic carbocycles. The third kappa shape index (κ3) is 6.21. The molecule has 0 fully saturated rings. The van der Waals surface area contributed by atoms with Crippen LogP contribution >= 0.6 is 22.9 Å². The Morgan fingerprint density at radius 1 is 1.11 bits per heavy atom. The van der Waals surface area contributed by atoms with E-state index < -0.39 is 17.7 Å². The molecule has 1 aliphatic heterocycles. The van der Waals surface area contributed by atoms with Crippen LogP contribution in [0.1, 0.15) is 61.9 Å². The van der Waals surface area contributed by atoms with Crippen LogP contribution in [0.2, 0.25) is 5.02 Å². The monoisotopic (exact) mass is 643 g/mol. The molecule has 8 nitrogen and oxygen atoms in total. The largest absolute Gasteiger partial charge is 0.464 e. The molecule has 0 N–H and O–H groups in total. The van der Waals surface area contributed by atoms with Gasteiger partial charge >= 0.3 is 5.97 Å². The minimum absolute atomic E-state index is 0.258. The maximum atomic E-state index is 13.5. The van der Waals surface area contributed by atoms with Gasteiger partial charge in [0.2, 0.25) is 0 Å². The van der Waals surface area contributed by atoms with E-state index in [1.54, 1.807) is 18.3 Å². The zero-order chi connectivity index (χ0) is 32.0. The number of benzene rings is 2. The first-order valence-electron chi connectivity index (χ1n) is 15.2.